The van der Waals surface area contributed by atoms with Crippen molar-refractivity contribution in [1.82, 2.24) is 19.7 Å². The lowest BCUT2D eigenvalue weighted by Gasteiger charge is -2.24. The summed E-state index contributed by atoms with van der Waals surface area (Å²) in [6.45, 7) is 8.40. The van der Waals surface area contributed by atoms with Gasteiger partial charge in [0, 0.05) is 13.1 Å². The highest BCUT2D eigenvalue weighted by Crippen LogP contribution is 2.29. The van der Waals surface area contributed by atoms with Crippen molar-refractivity contribution >= 4 is 23.2 Å². The highest BCUT2D eigenvalue weighted by atomic mass is 32.1. The van der Waals surface area contributed by atoms with Crippen LogP contribution in [0.5, 0.6) is 0 Å². The van der Waals surface area contributed by atoms with E-state index in [2.05, 4.69) is 10.1 Å². The third-order valence-electron chi connectivity index (χ3n) is 4.12. The van der Waals surface area contributed by atoms with Crippen LogP contribution in [0.1, 0.15) is 40.5 Å². The molecule has 0 fully saturated rings. The van der Waals surface area contributed by atoms with Gasteiger partial charge in [0.2, 0.25) is 0 Å². The van der Waals surface area contributed by atoms with Crippen LogP contribution < -0.4 is 5.56 Å². The molecule has 0 saturated heterocycles. The van der Waals surface area contributed by atoms with Crippen molar-refractivity contribution in [3.63, 3.8) is 0 Å². The number of carboxylic acid groups (broad SMARTS) is 1. The Balaban J connectivity index is 2.56. The molecule has 140 valence electrons. The van der Waals surface area contributed by atoms with Crippen molar-refractivity contribution in [3.05, 3.63) is 32.2 Å². The molecule has 0 aliphatic carbocycles. The van der Waals surface area contributed by atoms with E-state index in [0.29, 0.717) is 32.4 Å². The Kier molecular flexibility index (Phi) is 5.60. The highest BCUT2D eigenvalue weighted by Gasteiger charge is 2.27. The van der Waals surface area contributed by atoms with Crippen LogP contribution in [0.2, 0.25) is 0 Å². The minimum Gasteiger partial charge on any atom is -0.480 e. The molecule has 1 amide bonds. The molecule has 0 saturated carbocycles. The van der Waals surface area contributed by atoms with Crippen LogP contribution in [0.25, 0.3) is 10.6 Å². The summed E-state index contributed by atoms with van der Waals surface area (Å²) < 4.78 is 1.25. The molecule has 0 aliphatic rings. The molecule has 1 N–H and O–H groups in total. The average molecular weight is 378 g/mol. The van der Waals surface area contributed by atoms with Crippen molar-refractivity contribution in [2.24, 2.45) is 7.05 Å². The largest absolute Gasteiger partial charge is 0.480 e. The van der Waals surface area contributed by atoms with E-state index in [-0.39, 0.29) is 11.6 Å². The zero-order valence-electron chi connectivity index (χ0n) is 15.7. The molecule has 0 radical (unpaired) electrons. The van der Waals surface area contributed by atoms with Gasteiger partial charge in [0.25, 0.3) is 11.5 Å². The molecule has 0 unspecified atom stereocenters. The van der Waals surface area contributed by atoms with E-state index in [1.807, 2.05) is 0 Å². The topological polar surface area (TPSA) is 105 Å². The smallest absolute Gasteiger partial charge is 0.323 e. The van der Waals surface area contributed by atoms with Crippen molar-refractivity contribution < 1.29 is 14.7 Å². The number of hydrogen-bond donors (Lipinski definition) is 1. The third kappa shape index (κ3) is 3.67. The van der Waals surface area contributed by atoms with Crippen molar-refractivity contribution in [3.8, 4) is 10.6 Å². The predicted molar refractivity (Wildman–Crippen MR) is 98.6 cm³/mol. The maximum atomic E-state index is 12.8. The molecule has 26 heavy (non-hydrogen) atoms. The molecule has 0 atom stereocenters. The molecular formula is C17H22N4O4S. The van der Waals surface area contributed by atoms with E-state index in [1.165, 1.54) is 9.58 Å². The average Bonchev–Trinajstić information content (AvgIpc) is 2.91. The molecule has 0 bridgehead atoms. The first-order valence-corrected chi connectivity index (χ1v) is 8.91. The van der Waals surface area contributed by atoms with Gasteiger partial charge in [0.05, 0.1) is 17.0 Å². The number of nitrogens with zero attached hydrogens (tertiary/aromatic N) is 4. The summed E-state index contributed by atoms with van der Waals surface area (Å²) in [5.74, 6) is -1.48. The van der Waals surface area contributed by atoms with E-state index >= 15 is 0 Å². The molecular weight excluding hydrogens is 356 g/mol. The van der Waals surface area contributed by atoms with E-state index in [4.69, 9.17) is 5.11 Å². The molecule has 2 heterocycles. The lowest BCUT2D eigenvalue weighted by atomic mass is 10.1. The van der Waals surface area contributed by atoms with Crippen molar-refractivity contribution in [1.29, 1.82) is 0 Å². The van der Waals surface area contributed by atoms with Gasteiger partial charge >= 0.3 is 5.97 Å². The Labute approximate surface area is 155 Å². The van der Waals surface area contributed by atoms with Crippen molar-refractivity contribution in [2.75, 3.05) is 6.54 Å². The molecule has 0 aromatic carbocycles. The van der Waals surface area contributed by atoms with Crippen LogP contribution in [-0.4, -0.2) is 49.2 Å². The Morgan fingerprint density at radius 1 is 1.23 bits per heavy atom. The number of amides is 1. The van der Waals surface area contributed by atoms with E-state index in [1.54, 1.807) is 41.7 Å². The zero-order chi connectivity index (χ0) is 19.8. The van der Waals surface area contributed by atoms with Gasteiger partial charge in [-0.15, -0.1) is 11.3 Å². The minimum absolute atomic E-state index is 0.277. The first-order valence-electron chi connectivity index (χ1n) is 8.09. The fourth-order valence-corrected chi connectivity index (χ4v) is 3.68. The molecule has 0 aliphatic heterocycles. The summed E-state index contributed by atoms with van der Waals surface area (Å²) in [5.41, 5.74) is 2.03. The second-order valence-electron chi connectivity index (χ2n) is 6.37. The highest BCUT2D eigenvalue weighted by molar-refractivity contribution is 7.17. The standard InChI is InChI=1S/C17H22N4O4S/c1-8(2)21(7-12(22)23)17(25)14-11(5)18-15(26-14)13-9(3)10(4)19-20(6)16(13)24/h8H,7H2,1-6H3,(H,22,23). The molecule has 2 rings (SSSR count). The van der Waals surface area contributed by atoms with Gasteiger partial charge in [-0.1, -0.05) is 0 Å². The molecule has 2 aromatic rings. The second kappa shape index (κ2) is 7.36. The van der Waals surface area contributed by atoms with Crippen LogP contribution in [0.3, 0.4) is 0 Å². The maximum absolute atomic E-state index is 12.8. The number of aromatic nitrogens is 3. The maximum Gasteiger partial charge on any atom is 0.323 e. The number of aliphatic carboxylic acids is 1. The normalized spacial score (nSPS) is 11.0. The van der Waals surface area contributed by atoms with Gasteiger partial charge in [-0.05, 0) is 40.2 Å². The third-order valence-corrected chi connectivity index (χ3v) is 5.28. The molecule has 2 aromatic heterocycles. The summed E-state index contributed by atoms with van der Waals surface area (Å²) in [4.78, 5) is 42.4. The first-order chi connectivity index (χ1) is 12.0. The van der Waals surface area contributed by atoms with Gasteiger partial charge < -0.3 is 10.0 Å². The zero-order valence-corrected chi connectivity index (χ0v) is 16.5. The monoisotopic (exact) mass is 378 g/mol. The lowest BCUT2D eigenvalue weighted by Crippen LogP contribution is -2.40. The first kappa shape index (κ1) is 19.8. The summed E-state index contributed by atoms with van der Waals surface area (Å²) >= 11 is 1.10. The molecule has 0 spiro atoms. The number of aryl methyl sites for hydroxylation is 3. The number of hydrogen-bond acceptors (Lipinski definition) is 6. The SMILES string of the molecule is Cc1nc(-c2c(C)c(C)nn(C)c2=O)sc1C(=O)N(CC(=O)O)C(C)C. The summed E-state index contributed by atoms with van der Waals surface area (Å²) in [6.07, 6.45) is 0. The van der Waals surface area contributed by atoms with Gasteiger partial charge in [-0.25, -0.2) is 9.67 Å². The Bertz CT molecular complexity index is 930. The second-order valence-corrected chi connectivity index (χ2v) is 7.37. The van der Waals surface area contributed by atoms with E-state index < -0.39 is 18.4 Å². The minimum atomic E-state index is -1.08. The van der Waals surface area contributed by atoms with Crippen LogP contribution in [0.15, 0.2) is 4.79 Å². The predicted octanol–water partition coefficient (Wildman–Crippen LogP) is 1.76. The van der Waals surface area contributed by atoms with Crippen LogP contribution in [-0.2, 0) is 11.8 Å². The van der Waals surface area contributed by atoms with Crippen LogP contribution in [0.4, 0.5) is 0 Å². The fraction of sp³-hybridized carbons (Fsp3) is 0.471. The number of carbonyl (C=O) groups excluding carboxylic acids is 1. The van der Waals surface area contributed by atoms with Gasteiger partial charge in [0.15, 0.2) is 0 Å². The van der Waals surface area contributed by atoms with Gasteiger partial charge in [0.1, 0.15) is 16.4 Å². The van der Waals surface area contributed by atoms with E-state index in [0.717, 1.165) is 11.3 Å². The number of carboxylic acids is 1. The summed E-state index contributed by atoms with van der Waals surface area (Å²) in [6, 6.07) is -0.277. The number of carbonyl (C=O) groups is 2. The molecule has 9 heteroatoms. The van der Waals surface area contributed by atoms with Crippen LogP contribution >= 0.6 is 11.3 Å². The van der Waals surface area contributed by atoms with Crippen LogP contribution in [0, 0.1) is 20.8 Å². The van der Waals surface area contributed by atoms with Gasteiger partial charge in [-0.3, -0.25) is 14.4 Å². The Morgan fingerprint density at radius 2 is 1.85 bits per heavy atom. The quantitative estimate of drug-likeness (QED) is 0.850. The molecule has 8 nitrogen and oxygen atoms in total. The summed E-state index contributed by atoms with van der Waals surface area (Å²) in [7, 11) is 1.57. The number of rotatable bonds is 5. The Morgan fingerprint density at radius 3 is 2.38 bits per heavy atom. The van der Waals surface area contributed by atoms with Crippen molar-refractivity contribution in [2.45, 2.75) is 40.7 Å². The fourth-order valence-electron chi connectivity index (χ4n) is 2.57. The Hall–Kier alpha value is -2.55. The van der Waals surface area contributed by atoms with E-state index in [9.17, 15) is 14.4 Å². The lowest BCUT2D eigenvalue weighted by molar-refractivity contribution is -0.138. The number of thiazole rings is 1. The summed E-state index contributed by atoms with van der Waals surface area (Å²) in [5, 5.41) is 13.6. The van der Waals surface area contributed by atoms with Gasteiger partial charge in [-0.2, -0.15) is 5.10 Å².